The first-order valence-corrected chi connectivity index (χ1v) is 5.68. The minimum atomic E-state index is 0.772. The fourth-order valence-corrected chi connectivity index (χ4v) is 2.38. The first-order valence-electron chi connectivity index (χ1n) is 5.68. The summed E-state index contributed by atoms with van der Waals surface area (Å²) in [5, 5.41) is 3.40. The Kier molecular flexibility index (Phi) is 3.00. The van der Waals surface area contributed by atoms with Crippen LogP contribution in [0.5, 0.6) is 0 Å². The van der Waals surface area contributed by atoms with Gasteiger partial charge in [0.2, 0.25) is 0 Å². The molecule has 2 heterocycles. The zero-order chi connectivity index (χ0) is 10.8. The van der Waals surface area contributed by atoms with E-state index < -0.39 is 0 Å². The second kappa shape index (κ2) is 4.27. The Morgan fingerprint density at radius 1 is 1.20 bits per heavy atom. The van der Waals surface area contributed by atoms with E-state index in [9.17, 15) is 0 Å². The quantitative estimate of drug-likeness (QED) is 0.796. The minimum Gasteiger partial charge on any atom is -0.316 e. The summed E-state index contributed by atoms with van der Waals surface area (Å²) in [5.74, 6) is 1.66. The van der Waals surface area contributed by atoms with Crippen LogP contribution in [0.25, 0.3) is 0 Å². The Hall–Kier alpha value is -0.960. The summed E-state index contributed by atoms with van der Waals surface area (Å²) in [5.41, 5.74) is 3.67. The Balaban J connectivity index is 2.19. The third-order valence-electron chi connectivity index (χ3n) is 3.19. The van der Waals surface area contributed by atoms with Gasteiger partial charge in [-0.25, -0.2) is 9.97 Å². The van der Waals surface area contributed by atoms with Gasteiger partial charge in [-0.2, -0.15) is 0 Å². The molecule has 1 N–H and O–H groups in total. The molecule has 0 spiro atoms. The van der Waals surface area contributed by atoms with Crippen molar-refractivity contribution < 1.29 is 0 Å². The Morgan fingerprint density at radius 2 is 1.87 bits per heavy atom. The summed E-state index contributed by atoms with van der Waals surface area (Å²) < 4.78 is 0. The van der Waals surface area contributed by atoms with E-state index in [0.29, 0.717) is 0 Å². The Labute approximate surface area is 91.3 Å². The second-order valence-corrected chi connectivity index (χ2v) is 4.48. The molecule has 3 heteroatoms. The zero-order valence-corrected chi connectivity index (χ0v) is 9.80. The maximum atomic E-state index is 4.44. The van der Waals surface area contributed by atoms with Crippen LogP contribution in [0.3, 0.4) is 0 Å². The predicted octanol–water partition coefficient (Wildman–Crippen LogP) is 1.55. The summed E-state index contributed by atoms with van der Waals surface area (Å²) in [6, 6.07) is 0. The predicted molar refractivity (Wildman–Crippen MR) is 60.9 cm³/mol. The van der Waals surface area contributed by atoms with Crippen LogP contribution >= 0.6 is 0 Å². The average Bonchev–Trinajstić information content (AvgIpc) is 2.63. The van der Waals surface area contributed by atoms with Crippen molar-refractivity contribution in [3.63, 3.8) is 0 Å². The molecule has 1 fully saturated rings. The molecule has 1 aromatic heterocycles. The third kappa shape index (κ3) is 2.34. The van der Waals surface area contributed by atoms with Gasteiger partial charge < -0.3 is 5.32 Å². The molecule has 0 aromatic carbocycles. The third-order valence-corrected chi connectivity index (χ3v) is 3.19. The van der Waals surface area contributed by atoms with Crippen molar-refractivity contribution >= 4 is 0 Å². The zero-order valence-electron chi connectivity index (χ0n) is 9.80. The number of aromatic nitrogens is 2. The van der Waals surface area contributed by atoms with E-state index in [1.807, 2.05) is 6.92 Å². The highest BCUT2D eigenvalue weighted by Crippen LogP contribution is 2.19. The van der Waals surface area contributed by atoms with Crippen LogP contribution in [-0.2, 0) is 6.42 Å². The molecule has 1 unspecified atom stereocenters. The molecular formula is C12H19N3. The van der Waals surface area contributed by atoms with Crippen LogP contribution in [0.4, 0.5) is 0 Å². The number of nitrogens with zero attached hydrogens (tertiary/aromatic N) is 2. The molecule has 3 nitrogen and oxygen atoms in total. The lowest BCUT2D eigenvalue weighted by atomic mass is 9.97. The highest BCUT2D eigenvalue weighted by molar-refractivity contribution is 5.24. The van der Waals surface area contributed by atoms with Crippen molar-refractivity contribution in [1.82, 2.24) is 15.3 Å². The van der Waals surface area contributed by atoms with Crippen LogP contribution in [0.15, 0.2) is 0 Å². The smallest absolute Gasteiger partial charge is 0.125 e. The van der Waals surface area contributed by atoms with Crippen LogP contribution in [-0.4, -0.2) is 23.1 Å². The molecule has 0 bridgehead atoms. The number of aryl methyl sites for hydroxylation is 3. The van der Waals surface area contributed by atoms with Gasteiger partial charge >= 0.3 is 0 Å². The molecular weight excluding hydrogens is 186 g/mol. The van der Waals surface area contributed by atoms with E-state index in [4.69, 9.17) is 0 Å². The van der Waals surface area contributed by atoms with Crippen molar-refractivity contribution in [3.05, 3.63) is 22.8 Å². The normalized spacial score (nSPS) is 20.9. The molecule has 0 amide bonds. The van der Waals surface area contributed by atoms with E-state index in [1.165, 1.54) is 12.0 Å². The van der Waals surface area contributed by atoms with Crippen molar-refractivity contribution in [2.45, 2.75) is 33.6 Å². The van der Waals surface area contributed by atoms with E-state index in [-0.39, 0.29) is 0 Å². The minimum absolute atomic E-state index is 0.772. The van der Waals surface area contributed by atoms with Gasteiger partial charge in [0.05, 0.1) is 0 Å². The molecule has 1 atom stereocenters. The molecule has 1 aromatic rings. The van der Waals surface area contributed by atoms with Gasteiger partial charge in [-0.15, -0.1) is 0 Å². The fraction of sp³-hybridized carbons (Fsp3) is 0.667. The molecule has 0 radical (unpaired) electrons. The van der Waals surface area contributed by atoms with Gasteiger partial charge in [-0.1, -0.05) is 0 Å². The molecule has 1 aliphatic rings. The molecule has 1 aliphatic heterocycles. The van der Waals surface area contributed by atoms with Gasteiger partial charge in [-0.3, -0.25) is 0 Å². The molecule has 0 aliphatic carbocycles. The van der Waals surface area contributed by atoms with E-state index in [1.54, 1.807) is 0 Å². The van der Waals surface area contributed by atoms with Gasteiger partial charge in [-0.05, 0) is 58.2 Å². The van der Waals surface area contributed by atoms with E-state index >= 15 is 0 Å². The first-order chi connectivity index (χ1) is 7.16. The maximum Gasteiger partial charge on any atom is 0.125 e. The lowest BCUT2D eigenvalue weighted by Crippen LogP contribution is -2.13. The van der Waals surface area contributed by atoms with E-state index in [0.717, 1.165) is 42.6 Å². The summed E-state index contributed by atoms with van der Waals surface area (Å²) in [4.78, 5) is 8.89. The fourth-order valence-electron chi connectivity index (χ4n) is 2.38. The molecule has 0 saturated carbocycles. The topological polar surface area (TPSA) is 37.8 Å². The monoisotopic (exact) mass is 205 g/mol. The lowest BCUT2D eigenvalue weighted by molar-refractivity contribution is 0.572. The molecule has 2 rings (SSSR count). The standard InChI is InChI=1S/C12H19N3/c1-8-12(6-11-4-5-13-7-11)9(2)15-10(3)14-8/h11,13H,4-7H2,1-3H3. The average molecular weight is 205 g/mol. The summed E-state index contributed by atoms with van der Waals surface area (Å²) >= 11 is 0. The summed E-state index contributed by atoms with van der Waals surface area (Å²) in [6.45, 7) is 8.46. The Morgan fingerprint density at radius 3 is 2.40 bits per heavy atom. The van der Waals surface area contributed by atoms with Crippen LogP contribution in [0, 0.1) is 26.7 Å². The van der Waals surface area contributed by atoms with Gasteiger partial charge in [0.1, 0.15) is 5.82 Å². The van der Waals surface area contributed by atoms with E-state index in [2.05, 4.69) is 29.1 Å². The maximum absolute atomic E-state index is 4.44. The number of hydrogen-bond donors (Lipinski definition) is 1. The highest BCUT2D eigenvalue weighted by Gasteiger charge is 2.17. The first kappa shape index (κ1) is 10.6. The Bertz CT molecular complexity index is 331. The second-order valence-electron chi connectivity index (χ2n) is 4.48. The van der Waals surface area contributed by atoms with Crippen molar-refractivity contribution in [2.75, 3.05) is 13.1 Å². The van der Waals surface area contributed by atoms with Gasteiger partial charge in [0.25, 0.3) is 0 Å². The largest absolute Gasteiger partial charge is 0.316 e. The molecule has 1 saturated heterocycles. The lowest BCUT2D eigenvalue weighted by Gasteiger charge is -2.13. The van der Waals surface area contributed by atoms with Crippen molar-refractivity contribution in [1.29, 1.82) is 0 Å². The number of rotatable bonds is 2. The molecule has 82 valence electrons. The summed E-state index contributed by atoms with van der Waals surface area (Å²) in [7, 11) is 0. The van der Waals surface area contributed by atoms with Crippen LogP contribution in [0.2, 0.25) is 0 Å². The van der Waals surface area contributed by atoms with Crippen molar-refractivity contribution in [3.8, 4) is 0 Å². The van der Waals surface area contributed by atoms with Crippen molar-refractivity contribution in [2.24, 2.45) is 5.92 Å². The number of nitrogens with one attached hydrogen (secondary N) is 1. The highest BCUT2D eigenvalue weighted by atomic mass is 14.9. The summed E-state index contributed by atoms with van der Waals surface area (Å²) in [6.07, 6.45) is 2.41. The van der Waals surface area contributed by atoms with Gasteiger partial charge in [0.15, 0.2) is 0 Å². The van der Waals surface area contributed by atoms with Gasteiger partial charge in [0, 0.05) is 11.4 Å². The molecule has 15 heavy (non-hydrogen) atoms. The van der Waals surface area contributed by atoms with Crippen LogP contribution in [0.1, 0.15) is 29.2 Å². The van der Waals surface area contributed by atoms with Crippen LogP contribution < -0.4 is 5.32 Å². The SMILES string of the molecule is Cc1nc(C)c(CC2CCNC2)c(C)n1. The number of hydrogen-bond acceptors (Lipinski definition) is 3.